The van der Waals surface area contributed by atoms with Crippen LogP contribution >= 0.6 is 0 Å². The van der Waals surface area contributed by atoms with Crippen molar-refractivity contribution < 1.29 is 14.4 Å². The molecule has 3 rings (SSSR count). The average Bonchev–Trinajstić information content (AvgIpc) is 2.75. The number of nitrogens with zero attached hydrogens (tertiary/aromatic N) is 1. The van der Waals surface area contributed by atoms with Crippen molar-refractivity contribution in [2.24, 2.45) is 0 Å². The average molecular weight is 275 g/mol. The first-order chi connectivity index (χ1) is 9.81. The molecule has 0 radical (unpaired) electrons. The van der Waals surface area contributed by atoms with Gasteiger partial charge in [-0.2, -0.15) is 5.06 Å². The molecule has 1 aromatic rings. The van der Waals surface area contributed by atoms with Gasteiger partial charge in [-0.3, -0.25) is 9.63 Å². The lowest BCUT2D eigenvalue weighted by Gasteiger charge is -2.30. The number of hydrogen-bond donors (Lipinski definition) is 0. The third-order valence-corrected chi connectivity index (χ3v) is 4.01. The number of amides is 1. The SMILES string of the molecule is CCOC1c2ccccc2C(=O)N1OC1CCCCC1. The van der Waals surface area contributed by atoms with E-state index in [4.69, 9.17) is 9.57 Å². The minimum Gasteiger partial charge on any atom is -0.352 e. The Balaban J connectivity index is 1.80. The van der Waals surface area contributed by atoms with Crippen LogP contribution in [0.25, 0.3) is 0 Å². The van der Waals surface area contributed by atoms with Gasteiger partial charge >= 0.3 is 0 Å². The standard InChI is InChI=1S/C16H21NO3/c1-2-19-16-14-11-7-6-10-13(14)15(18)17(16)20-12-8-4-3-5-9-12/h6-7,10-12,16H,2-5,8-9H2,1H3. The highest BCUT2D eigenvalue weighted by Crippen LogP contribution is 2.36. The fourth-order valence-corrected chi connectivity index (χ4v) is 3.01. The van der Waals surface area contributed by atoms with Crippen molar-refractivity contribution in [3.05, 3.63) is 35.4 Å². The summed E-state index contributed by atoms with van der Waals surface area (Å²) in [6, 6.07) is 7.60. The summed E-state index contributed by atoms with van der Waals surface area (Å²) in [6.07, 6.45) is 5.43. The Hall–Kier alpha value is -1.39. The number of hydrogen-bond acceptors (Lipinski definition) is 3. The largest absolute Gasteiger partial charge is 0.352 e. The number of carbonyl (C=O) groups is 1. The first-order valence-corrected chi connectivity index (χ1v) is 7.52. The summed E-state index contributed by atoms with van der Waals surface area (Å²) in [5, 5.41) is 1.45. The van der Waals surface area contributed by atoms with Crippen molar-refractivity contribution in [1.82, 2.24) is 5.06 Å². The highest BCUT2D eigenvalue weighted by atomic mass is 16.7. The predicted molar refractivity (Wildman–Crippen MR) is 74.9 cm³/mol. The van der Waals surface area contributed by atoms with E-state index in [9.17, 15) is 4.79 Å². The molecule has 1 aliphatic heterocycles. The molecule has 2 aliphatic rings. The van der Waals surface area contributed by atoms with Crippen LogP contribution in [0.2, 0.25) is 0 Å². The molecule has 0 aromatic heterocycles. The second kappa shape index (κ2) is 5.94. The summed E-state index contributed by atoms with van der Waals surface area (Å²) in [6.45, 7) is 2.49. The Kier molecular flexibility index (Phi) is 4.03. The van der Waals surface area contributed by atoms with Crippen LogP contribution in [0.4, 0.5) is 0 Å². The molecule has 4 nitrogen and oxygen atoms in total. The number of rotatable bonds is 4. The van der Waals surface area contributed by atoms with Crippen LogP contribution in [-0.2, 0) is 9.57 Å². The maximum absolute atomic E-state index is 12.5. The van der Waals surface area contributed by atoms with E-state index >= 15 is 0 Å². The van der Waals surface area contributed by atoms with Crippen LogP contribution in [0.1, 0.15) is 61.2 Å². The molecule has 1 saturated carbocycles. The molecule has 0 saturated heterocycles. The van der Waals surface area contributed by atoms with E-state index in [1.54, 1.807) is 0 Å². The van der Waals surface area contributed by atoms with Gasteiger partial charge in [0.15, 0.2) is 6.23 Å². The lowest BCUT2D eigenvalue weighted by atomic mass is 9.98. The van der Waals surface area contributed by atoms with Gasteiger partial charge in [0.25, 0.3) is 5.91 Å². The van der Waals surface area contributed by atoms with E-state index in [1.807, 2.05) is 31.2 Å². The molecule has 4 heteroatoms. The molecule has 20 heavy (non-hydrogen) atoms. The topological polar surface area (TPSA) is 38.8 Å². The molecule has 1 aromatic carbocycles. The van der Waals surface area contributed by atoms with Crippen LogP contribution in [0.3, 0.4) is 0 Å². The van der Waals surface area contributed by atoms with Crippen LogP contribution in [0.5, 0.6) is 0 Å². The number of ether oxygens (including phenoxy) is 1. The fraction of sp³-hybridized carbons (Fsp3) is 0.562. The van der Waals surface area contributed by atoms with Crippen molar-refractivity contribution >= 4 is 5.91 Å². The molecule has 0 bridgehead atoms. The fourth-order valence-electron chi connectivity index (χ4n) is 3.01. The molecular formula is C16H21NO3. The first kappa shape index (κ1) is 13.6. The quantitative estimate of drug-likeness (QED) is 0.845. The van der Waals surface area contributed by atoms with Crippen molar-refractivity contribution in [2.75, 3.05) is 6.61 Å². The van der Waals surface area contributed by atoms with Gasteiger partial charge < -0.3 is 4.74 Å². The van der Waals surface area contributed by atoms with Crippen LogP contribution in [-0.4, -0.2) is 23.7 Å². The molecule has 0 N–H and O–H groups in total. The van der Waals surface area contributed by atoms with Gasteiger partial charge in [-0.15, -0.1) is 0 Å². The van der Waals surface area contributed by atoms with E-state index in [0.29, 0.717) is 12.2 Å². The molecule has 1 unspecified atom stereocenters. The third kappa shape index (κ3) is 2.45. The van der Waals surface area contributed by atoms with Gasteiger partial charge in [0, 0.05) is 17.7 Å². The van der Waals surface area contributed by atoms with Crippen molar-refractivity contribution in [2.45, 2.75) is 51.4 Å². The van der Waals surface area contributed by atoms with Gasteiger partial charge in [0.1, 0.15) is 0 Å². The minimum absolute atomic E-state index is 0.0791. The zero-order chi connectivity index (χ0) is 13.9. The van der Waals surface area contributed by atoms with E-state index in [0.717, 1.165) is 18.4 Å². The Bertz CT molecular complexity index is 482. The van der Waals surface area contributed by atoms with Crippen molar-refractivity contribution in [3.8, 4) is 0 Å². The molecule has 1 amide bonds. The Morgan fingerprint density at radius 2 is 1.95 bits per heavy atom. The zero-order valence-electron chi connectivity index (χ0n) is 11.9. The second-order valence-electron chi connectivity index (χ2n) is 5.39. The molecule has 0 spiro atoms. The Morgan fingerprint density at radius 1 is 1.20 bits per heavy atom. The Morgan fingerprint density at radius 3 is 2.70 bits per heavy atom. The summed E-state index contributed by atoms with van der Waals surface area (Å²) in [4.78, 5) is 18.4. The molecule has 1 fully saturated rings. The molecule has 108 valence electrons. The molecule has 1 heterocycles. The summed E-state index contributed by atoms with van der Waals surface area (Å²) < 4.78 is 5.73. The number of carbonyl (C=O) groups excluding carboxylic acids is 1. The lowest BCUT2D eigenvalue weighted by Crippen LogP contribution is -2.35. The van der Waals surface area contributed by atoms with Crippen molar-refractivity contribution in [1.29, 1.82) is 0 Å². The monoisotopic (exact) mass is 275 g/mol. The zero-order valence-corrected chi connectivity index (χ0v) is 11.9. The highest BCUT2D eigenvalue weighted by molar-refractivity contribution is 5.98. The predicted octanol–water partition coefficient (Wildman–Crippen LogP) is 3.44. The van der Waals surface area contributed by atoms with Gasteiger partial charge in [0.05, 0.1) is 6.10 Å². The summed E-state index contributed by atoms with van der Waals surface area (Å²) in [7, 11) is 0. The number of hydroxylamine groups is 2. The Labute approximate surface area is 119 Å². The normalized spacial score (nSPS) is 23.1. The van der Waals surface area contributed by atoms with Gasteiger partial charge in [-0.25, -0.2) is 0 Å². The maximum Gasteiger partial charge on any atom is 0.280 e. The second-order valence-corrected chi connectivity index (χ2v) is 5.39. The van der Waals surface area contributed by atoms with E-state index in [1.165, 1.54) is 24.3 Å². The first-order valence-electron chi connectivity index (χ1n) is 7.52. The van der Waals surface area contributed by atoms with Gasteiger partial charge in [-0.05, 0) is 25.8 Å². The highest BCUT2D eigenvalue weighted by Gasteiger charge is 2.39. The molecule has 1 atom stereocenters. The lowest BCUT2D eigenvalue weighted by molar-refractivity contribution is -0.245. The number of benzene rings is 1. The summed E-state index contributed by atoms with van der Waals surface area (Å²) >= 11 is 0. The van der Waals surface area contributed by atoms with Crippen molar-refractivity contribution in [3.63, 3.8) is 0 Å². The minimum atomic E-state index is -0.398. The summed E-state index contributed by atoms with van der Waals surface area (Å²) in [5.74, 6) is -0.0791. The molecule has 1 aliphatic carbocycles. The summed E-state index contributed by atoms with van der Waals surface area (Å²) in [5.41, 5.74) is 1.61. The smallest absolute Gasteiger partial charge is 0.280 e. The van der Waals surface area contributed by atoms with Crippen LogP contribution in [0.15, 0.2) is 24.3 Å². The maximum atomic E-state index is 12.5. The van der Waals surface area contributed by atoms with Gasteiger partial charge in [0.2, 0.25) is 0 Å². The molecular weight excluding hydrogens is 254 g/mol. The van der Waals surface area contributed by atoms with Gasteiger partial charge in [-0.1, -0.05) is 37.5 Å². The van der Waals surface area contributed by atoms with E-state index in [-0.39, 0.29) is 12.0 Å². The van der Waals surface area contributed by atoms with Crippen LogP contribution < -0.4 is 0 Å². The van der Waals surface area contributed by atoms with E-state index in [2.05, 4.69) is 0 Å². The third-order valence-electron chi connectivity index (χ3n) is 4.01. The van der Waals surface area contributed by atoms with Crippen LogP contribution in [0, 0.1) is 0 Å². The van der Waals surface area contributed by atoms with E-state index < -0.39 is 6.23 Å². The number of fused-ring (bicyclic) bond motifs is 1.